The van der Waals surface area contributed by atoms with E-state index in [4.69, 9.17) is 4.74 Å². The highest BCUT2D eigenvalue weighted by Gasteiger charge is 2.41. The molecule has 3 heteroatoms. The largest absolute Gasteiger partial charge is 0.497 e. The third kappa shape index (κ3) is 6.74. The molecule has 2 aliphatic rings. The average molecular weight is 573 g/mol. The number of rotatable bonds is 12. The lowest BCUT2D eigenvalue weighted by atomic mass is 9.68. The van der Waals surface area contributed by atoms with Crippen molar-refractivity contribution in [2.24, 2.45) is 0 Å². The first-order chi connectivity index (χ1) is 21.2. The van der Waals surface area contributed by atoms with Crippen LogP contribution in [-0.2, 0) is 24.8 Å². The highest BCUT2D eigenvalue weighted by molar-refractivity contribution is 5.40. The van der Waals surface area contributed by atoms with E-state index in [-0.39, 0.29) is 5.41 Å². The van der Waals surface area contributed by atoms with E-state index in [0.717, 1.165) is 38.1 Å². The monoisotopic (exact) mass is 572 g/mol. The molecule has 224 valence electrons. The second kappa shape index (κ2) is 13.9. The number of fused-ring (bicyclic) bond motifs is 1. The average Bonchev–Trinajstić information content (AvgIpc) is 3.08. The molecule has 1 fully saturated rings. The quantitative estimate of drug-likeness (QED) is 0.173. The molecule has 1 N–H and O–H groups in total. The van der Waals surface area contributed by atoms with Crippen LogP contribution in [0.2, 0.25) is 0 Å². The molecule has 6 rings (SSSR count). The summed E-state index contributed by atoms with van der Waals surface area (Å²) in [4.78, 5) is 2.90. The van der Waals surface area contributed by atoms with E-state index < -0.39 is 0 Å². The third-order valence-corrected chi connectivity index (χ3v) is 10.4. The van der Waals surface area contributed by atoms with Gasteiger partial charge >= 0.3 is 0 Å². The van der Waals surface area contributed by atoms with Crippen molar-refractivity contribution in [2.45, 2.75) is 75.3 Å². The van der Waals surface area contributed by atoms with Crippen molar-refractivity contribution in [3.05, 3.63) is 137 Å². The second-order valence-electron chi connectivity index (χ2n) is 12.8. The van der Waals surface area contributed by atoms with Gasteiger partial charge in [0.2, 0.25) is 0 Å². The highest BCUT2D eigenvalue weighted by atomic mass is 16.5. The fourth-order valence-corrected chi connectivity index (χ4v) is 8.01. The summed E-state index contributed by atoms with van der Waals surface area (Å²) < 4.78 is 5.54. The molecule has 43 heavy (non-hydrogen) atoms. The zero-order valence-corrected chi connectivity index (χ0v) is 25.9. The summed E-state index contributed by atoms with van der Waals surface area (Å²) in [5.41, 5.74) is 7.53. The van der Waals surface area contributed by atoms with Crippen LogP contribution in [0.4, 0.5) is 0 Å². The van der Waals surface area contributed by atoms with Crippen LogP contribution < -0.4 is 10.1 Å². The van der Waals surface area contributed by atoms with Gasteiger partial charge in [-0.3, -0.25) is 4.90 Å². The molecule has 1 unspecified atom stereocenters. The molecular weight excluding hydrogens is 524 g/mol. The van der Waals surface area contributed by atoms with Gasteiger partial charge in [-0.25, -0.2) is 0 Å². The molecule has 1 aliphatic carbocycles. The predicted molar refractivity (Wildman–Crippen MR) is 179 cm³/mol. The van der Waals surface area contributed by atoms with E-state index in [2.05, 4.69) is 119 Å². The Labute approximate surface area is 259 Å². The first-order valence-corrected chi connectivity index (χ1v) is 16.5. The Bertz CT molecular complexity index is 1380. The standard InChI is InChI=1S/C40H48N2O/c1-43-38-21-20-35-31-39(25-22-34(35)30-38)23-11-12-28-42(39)29-13-24-40(36-16-7-3-8-17-36,37-18-9-4-10-19-37)26-27-41-32-33-14-5-2-6-15-33/h2-10,14-21,30,41H,11-13,22-29,31-32H2,1H3. The fraction of sp³-hybridized carbons (Fsp3) is 0.400. The van der Waals surface area contributed by atoms with E-state index in [1.807, 2.05) is 0 Å². The maximum atomic E-state index is 5.54. The molecule has 1 atom stereocenters. The van der Waals surface area contributed by atoms with Gasteiger partial charge in [0, 0.05) is 17.5 Å². The maximum Gasteiger partial charge on any atom is 0.119 e. The zero-order valence-electron chi connectivity index (χ0n) is 25.9. The third-order valence-electron chi connectivity index (χ3n) is 10.4. The van der Waals surface area contributed by atoms with Crippen LogP contribution in [0.1, 0.15) is 72.8 Å². The minimum atomic E-state index is -0.0229. The lowest BCUT2D eigenvalue weighted by Gasteiger charge is -2.50. The topological polar surface area (TPSA) is 24.5 Å². The molecule has 1 saturated heterocycles. The fourth-order valence-electron chi connectivity index (χ4n) is 8.01. The van der Waals surface area contributed by atoms with Gasteiger partial charge in [-0.05, 0) is 111 Å². The number of aryl methyl sites for hydroxylation is 1. The summed E-state index contributed by atoms with van der Waals surface area (Å²) in [5.74, 6) is 0.992. The number of methoxy groups -OCH3 is 1. The van der Waals surface area contributed by atoms with Gasteiger partial charge in [-0.1, -0.05) is 103 Å². The number of likely N-dealkylation sites (tertiary alicyclic amines) is 1. The van der Waals surface area contributed by atoms with Crippen molar-refractivity contribution < 1.29 is 4.74 Å². The molecule has 0 radical (unpaired) electrons. The molecule has 3 nitrogen and oxygen atoms in total. The molecule has 0 amide bonds. The van der Waals surface area contributed by atoms with Crippen LogP contribution in [0.25, 0.3) is 0 Å². The van der Waals surface area contributed by atoms with Gasteiger partial charge in [-0.15, -0.1) is 0 Å². The lowest BCUT2D eigenvalue weighted by Crippen LogP contribution is -2.55. The van der Waals surface area contributed by atoms with Crippen molar-refractivity contribution in [3.8, 4) is 5.75 Å². The van der Waals surface area contributed by atoms with E-state index in [1.54, 1.807) is 7.11 Å². The van der Waals surface area contributed by atoms with E-state index in [9.17, 15) is 0 Å². The smallest absolute Gasteiger partial charge is 0.119 e. The SMILES string of the molecule is COc1ccc2c(c1)CCC1(CCCCN1CCCC(CCNCc1ccccc1)(c1ccccc1)c1ccccc1)C2. The molecule has 4 aromatic rings. The Hall–Kier alpha value is -3.40. The Morgan fingerprint density at radius 2 is 1.47 bits per heavy atom. The van der Waals surface area contributed by atoms with Crippen LogP contribution in [0, 0.1) is 0 Å². The summed E-state index contributed by atoms with van der Waals surface area (Å²) in [5, 5.41) is 3.78. The Kier molecular flexibility index (Phi) is 9.61. The van der Waals surface area contributed by atoms with Crippen molar-refractivity contribution in [3.63, 3.8) is 0 Å². The van der Waals surface area contributed by atoms with Crippen LogP contribution in [-0.4, -0.2) is 37.2 Å². The number of nitrogens with one attached hydrogen (secondary N) is 1. The molecule has 1 spiro atoms. The van der Waals surface area contributed by atoms with Gasteiger partial charge in [0.1, 0.15) is 5.75 Å². The van der Waals surface area contributed by atoms with Crippen molar-refractivity contribution in [2.75, 3.05) is 26.7 Å². The Balaban J connectivity index is 1.21. The predicted octanol–water partition coefficient (Wildman–Crippen LogP) is 8.36. The number of benzene rings is 4. The first kappa shape index (κ1) is 29.7. The minimum Gasteiger partial charge on any atom is -0.497 e. The number of piperidine rings is 1. The number of nitrogens with zero attached hydrogens (tertiary/aromatic N) is 1. The van der Waals surface area contributed by atoms with Crippen molar-refractivity contribution in [1.82, 2.24) is 10.2 Å². The molecule has 1 aliphatic heterocycles. The van der Waals surface area contributed by atoms with Gasteiger partial charge in [-0.2, -0.15) is 0 Å². The van der Waals surface area contributed by atoms with Crippen LogP contribution in [0.5, 0.6) is 5.75 Å². The summed E-state index contributed by atoms with van der Waals surface area (Å²) in [6.45, 7) is 4.29. The van der Waals surface area contributed by atoms with Gasteiger partial charge in [0.25, 0.3) is 0 Å². The Morgan fingerprint density at radius 1 is 0.767 bits per heavy atom. The van der Waals surface area contributed by atoms with Gasteiger partial charge in [0.05, 0.1) is 7.11 Å². The summed E-state index contributed by atoms with van der Waals surface area (Å²) in [7, 11) is 1.78. The number of hydrogen-bond donors (Lipinski definition) is 1. The van der Waals surface area contributed by atoms with Gasteiger partial charge < -0.3 is 10.1 Å². The maximum absolute atomic E-state index is 5.54. The number of ether oxygens (including phenoxy) is 1. The summed E-state index contributed by atoms with van der Waals surface area (Å²) in [6, 6.07) is 40.2. The molecule has 0 bridgehead atoms. The van der Waals surface area contributed by atoms with Crippen LogP contribution in [0.15, 0.2) is 109 Å². The Morgan fingerprint density at radius 3 is 2.16 bits per heavy atom. The molecule has 1 heterocycles. The summed E-state index contributed by atoms with van der Waals surface area (Å²) in [6.07, 6.45) is 11.0. The minimum absolute atomic E-state index is 0.0229. The van der Waals surface area contributed by atoms with E-state index in [0.29, 0.717) is 5.54 Å². The summed E-state index contributed by atoms with van der Waals surface area (Å²) >= 11 is 0. The van der Waals surface area contributed by atoms with Crippen molar-refractivity contribution in [1.29, 1.82) is 0 Å². The molecule has 4 aromatic carbocycles. The molecule has 0 saturated carbocycles. The molecule has 0 aromatic heterocycles. The number of hydrogen-bond acceptors (Lipinski definition) is 3. The lowest BCUT2D eigenvalue weighted by molar-refractivity contribution is 0.0313. The highest BCUT2D eigenvalue weighted by Crippen LogP contribution is 2.43. The van der Waals surface area contributed by atoms with E-state index >= 15 is 0 Å². The molecular formula is C40H48N2O. The van der Waals surface area contributed by atoms with Gasteiger partial charge in [0.15, 0.2) is 0 Å². The zero-order chi connectivity index (χ0) is 29.4. The first-order valence-electron chi connectivity index (χ1n) is 16.5. The normalized spacial score (nSPS) is 18.8. The van der Waals surface area contributed by atoms with Crippen molar-refractivity contribution >= 4 is 0 Å². The van der Waals surface area contributed by atoms with Crippen LogP contribution >= 0.6 is 0 Å². The van der Waals surface area contributed by atoms with E-state index in [1.165, 1.54) is 79.4 Å². The second-order valence-corrected chi connectivity index (χ2v) is 12.8. The van der Waals surface area contributed by atoms with Crippen LogP contribution in [0.3, 0.4) is 0 Å².